The molecule has 1 aliphatic heterocycles. The highest BCUT2D eigenvalue weighted by Gasteiger charge is 2.13. The average molecular weight is 315 g/mol. The Hall–Kier alpha value is -0.120. The fourth-order valence-electron chi connectivity index (χ4n) is 3.02. The molecule has 22 heavy (non-hydrogen) atoms. The highest BCUT2D eigenvalue weighted by atomic mass is 16.7. The Labute approximate surface area is 137 Å². The maximum atomic E-state index is 9.90. The largest absolute Gasteiger partial charge is 0.393 e. The molecule has 0 aromatic carbocycles. The van der Waals surface area contributed by atoms with Crippen molar-refractivity contribution >= 4 is 0 Å². The van der Waals surface area contributed by atoms with E-state index in [1.165, 1.54) is 64.2 Å². The molecule has 1 rings (SSSR count). The normalized spacial score (nSPS) is 20.2. The van der Waals surface area contributed by atoms with Crippen molar-refractivity contribution in [3.8, 4) is 0 Å². The zero-order valence-electron chi connectivity index (χ0n) is 14.7. The van der Waals surface area contributed by atoms with Gasteiger partial charge in [-0.25, -0.2) is 0 Å². The van der Waals surface area contributed by atoms with Crippen LogP contribution in [0.15, 0.2) is 0 Å². The Balaban J connectivity index is 1.77. The number of ether oxygens (including phenoxy) is 2. The Morgan fingerprint density at radius 2 is 1.64 bits per heavy atom. The molecule has 1 saturated heterocycles. The average Bonchev–Trinajstić information content (AvgIpc) is 2.55. The molecule has 0 radical (unpaired) electrons. The van der Waals surface area contributed by atoms with Crippen molar-refractivity contribution in [2.75, 3.05) is 13.2 Å². The molecule has 1 fully saturated rings. The van der Waals surface area contributed by atoms with Gasteiger partial charge in [-0.2, -0.15) is 0 Å². The highest BCUT2D eigenvalue weighted by molar-refractivity contribution is 4.57. The molecule has 1 heterocycles. The molecule has 132 valence electrons. The van der Waals surface area contributed by atoms with Gasteiger partial charge in [-0.05, 0) is 38.5 Å². The summed E-state index contributed by atoms with van der Waals surface area (Å²) in [7, 11) is 0. The SMILES string of the molecule is CCCCCCC(O)CCCCCCCOC1CCCCO1. The first-order valence-corrected chi connectivity index (χ1v) is 9.74. The Morgan fingerprint density at radius 1 is 0.955 bits per heavy atom. The first-order chi connectivity index (χ1) is 10.8. The van der Waals surface area contributed by atoms with Crippen molar-refractivity contribution in [2.24, 2.45) is 0 Å². The fourth-order valence-corrected chi connectivity index (χ4v) is 3.02. The lowest BCUT2D eigenvalue weighted by molar-refractivity contribution is -0.162. The Kier molecular flexibility index (Phi) is 13.1. The molecule has 1 N–H and O–H groups in total. The molecule has 2 atom stereocenters. The van der Waals surface area contributed by atoms with Gasteiger partial charge in [0.15, 0.2) is 6.29 Å². The van der Waals surface area contributed by atoms with Crippen molar-refractivity contribution < 1.29 is 14.6 Å². The molecule has 3 heteroatoms. The zero-order valence-corrected chi connectivity index (χ0v) is 14.7. The van der Waals surface area contributed by atoms with Crippen LogP contribution >= 0.6 is 0 Å². The third-order valence-corrected chi connectivity index (χ3v) is 4.51. The van der Waals surface area contributed by atoms with Crippen molar-refractivity contribution in [3.05, 3.63) is 0 Å². The number of unbranched alkanes of at least 4 members (excludes halogenated alkanes) is 7. The third kappa shape index (κ3) is 11.4. The monoisotopic (exact) mass is 314 g/mol. The summed E-state index contributed by atoms with van der Waals surface area (Å²) in [6, 6.07) is 0. The standard InChI is InChI=1S/C19H38O3/c1-2-3-4-8-13-18(20)14-9-6-5-7-11-16-21-19-15-10-12-17-22-19/h18-20H,2-17H2,1H3. The van der Waals surface area contributed by atoms with E-state index >= 15 is 0 Å². The van der Waals surface area contributed by atoms with Crippen LogP contribution in [0.4, 0.5) is 0 Å². The maximum absolute atomic E-state index is 9.90. The van der Waals surface area contributed by atoms with E-state index < -0.39 is 0 Å². The second-order valence-corrected chi connectivity index (χ2v) is 6.73. The summed E-state index contributed by atoms with van der Waals surface area (Å²) >= 11 is 0. The summed E-state index contributed by atoms with van der Waals surface area (Å²) in [5.41, 5.74) is 0. The van der Waals surface area contributed by atoms with Gasteiger partial charge >= 0.3 is 0 Å². The van der Waals surface area contributed by atoms with Gasteiger partial charge in [0.05, 0.1) is 6.10 Å². The fraction of sp³-hybridized carbons (Fsp3) is 1.00. The minimum atomic E-state index is -0.0661. The third-order valence-electron chi connectivity index (χ3n) is 4.51. The smallest absolute Gasteiger partial charge is 0.157 e. The summed E-state index contributed by atoms with van der Waals surface area (Å²) in [5, 5.41) is 9.90. The molecule has 2 unspecified atom stereocenters. The molecule has 3 nitrogen and oxygen atoms in total. The van der Waals surface area contributed by atoms with Crippen LogP contribution in [0.3, 0.4) is 0 Å². The van der Waals surface area contributed by atoms with Gasteiger partial charge < -0.3 is 14.6 Å². The lowest BCUT2D eigenvalue weighted by Crippen LogP contribution is -2.22. The number of aliphatic hydroxyl groups is 1. The van der Waals surface area contributed by atoms with Crippen LogP contribution in [-0.2, 0) is 9.47 Å². The van der Waals surface area contributed by atoms with E-state index in [1.54, 1.807) is 0 Å². The van der Waals surface area contributed by atoms with Gasteiger partial charge in [0.2, 0.25) is 0 Å². The van der Waals surface area contributed by atoms with E-state index in [-0.39, 0.29) is 12.4 Å². The van der Waals surface area contributed by atoms with E-state index in [0.29, 0.717) is 0 Å². The molecule has 1 aliphatic rings. The second-order valence-electron chi connectivity index (χ2n) is 6.73. The predicted molar refractivity (Wildman–Crippen MR) is 92.0 cm³/mol. The van der Waals surface area contributed by atoms with Gasteiger partial charge in [-0.1, -0.05) is 58.3 Å². The van der Waals surface area contributed by atoms with Crippen LogP contribution < -0.4 is 0 Å². The second kappa shape index (κ2) is 14.5. The highest BCUT2D eigenvalue weighted by Crippen LogP contribution is 2.15. The molecular weight excluding hydrogens is 276 g/mol. The molecule has 0 aliphatic carbocycles. The van der Waals surface area contributed by atoms with E-state index in [2.05, 4.69) is 6.92 Å². The first kappa shape index (κ1) is 19.9. The Bertz CT molecular complexity index is 227. The number of aliphatic hydroxyl groups excluding tert-OH is 1. The van der Waals surface area contributed by atoms with Crippen molar-refractivity contribution in [2.45, 2.75) is 109 Å². The van der Waals surface area contributed by atoms with Gasteiger partial charge in [0.25, 0.3) is 0 Å². The number of hydrogen-bond donors (Lipinski definition) is 1. The van der Waals surface area contributed by atoms with Gasteiger partial charge in [-0.3, -0.25) is 0 Å². The summed E-state index contributed by atoms with van der Waals surface area (Å²) in [6.07, 6.45) is 16.6. The van der Waals surface area contributed by atoms with E-state index in [9.17, 15) is 5.11 Å². The minimum Gasteiger partial charge on any atom is -0.393 e. The predicted octanol–water partition coefficient (Wildman–Crippen LogP) is 5.20. The van der Waals surface area contributed by atoms with Gasteiger partial charge in [0, 0.05) is 13.2 Å². The number of hydrogen-bond acceptors (Lipinski definition) is 3. The van der Waals surface area contributed by atoms with E-state index in [4.69, 9.17) is 9.47 Å². The maximum Gasteiger partial charge on any atom is 0.157 e. The minimum absolute atomic E-state index is 0.0661. The van der Waals surface area contributed by atoms with Crippen LogP contribution in [0.5, 0.6) is 0 Å². The lowest BCUT2D eigenvalue weighted by atomic mass is 10.0. The molecule has 0 spiro atoms. The quantitative estimate of drug-likeness (QED) is 0.448. The van der Waals surface area contributed by atoms with Crippen LogP contribution in [-0.4, -0.2) is 30.7 Å². The van der Waals surface area contributed by atoms with E-state index in [1.807, 2.05) is 0 Å². The topological polar surface area (TPSA) is 38.7 Å². The van der Waals surface area contributed by atoms with Crippen LogP contribution in [0, 0.1) is 0 Å². The molecule has 0 saturated carbocycles. The zero-order chi connectivity index (χ0) is 15.9. The Morgan fingerprint density at radius 3 is 2.32 bits per heavy atom. The molecule has 0 amide bonds. The van der Waals surface area contributed by atoms with Gasteiger partial charge in [-0.15, -0.1) is 0 Å². The lowest BCUT2D eigenvalue weighted by Gasteiger charge is -2.22. The molecule has 0 aromatic rings. The van der Waals surface area contributed by atoms with Crippen molar-refractivity contribution in [1.82, 2.24) is 0 Å². The summed E-state index contributed by atoms with van der Waals surface area (Å²) in [6.45, 7) is 3.93. The van der Waals surface area contributed by atoms with Crippen molar-refractivity contribution in [1.29, 1.82) is 0 Å². The summed E-state index contributed by atoms with van der Waals surface area (Å²) in [5.74, 6) is 0. The molecular formula is C19H38O3. The van der Waals surface area contributed by atoms with Crippen LogP contribution in [0.1, 0.15) is 96.8 Å². The first-order valence-electron chi connectivity index (χ1n) is 9.74. The van der Waals surface area contributed by atoms with Crippen LogP contribution in [0.25, 0.3) is 0 Å². The molecule has 0 aromatic heterocycles. The van der Waals surface area contributed by atoms with Crippen molar-refractivity contribution in [3.63, 3.8) is 0 Å². The molecule has 0 bridgehead atoms. The van der Waals surface area contributed by atoms with Gasteiger partial charge in [0.1, 0.15) is 0 Å². The summed E-state index contributed by atoms with van der Waals surface area (Å²) in [4.78, 5) is 0. The number of rotatable bonds is 14. The summed E-state index contributed by atoms with van der Waals surface area (Å²) < 4.78 is 11.3. The van der Waals surface area contributed by atoms with E-state index in [0.717, 1.165) is 38.9 Å². The van der Waals surface area contributed by atoms with Crippen LogP contribution in [0.2, 0.25) is 0 Å².